The minimum Gasteiger partial charge on any atom is -0.321 e. The van der Waals surface area contributed by atoms with Crippen molar-refractivity contribution in [1.82, 2.24) is 9.97 Å². The lowest BCUT2D eigenvalue weighted by Crippen LogP contribution is -2.12. The molecule has 66 valence electrons. The van der Waals surface area contributed by atoms with Crippen LogP contribution in [0.2, 0.25) is 0 Å². The molecule has 0 saturated heterocycles. The second kappa shape index (κ2) is 2.93. The summed E-state index contributed by atoms with van der Waals surface area (Å²) in [5.41, 5.74) is 1.33. The second-order valence-corrected chi connectivity index (χ2v) is 2.83. The van der Waals surface area contributed by atoms with Crippen molar-refractivity contribution in [2.24, 2.45) is 4.99 Å². The standard InChI is InChI=1S/C8H8N4O/c1-5-2-7(13)12-6-3-9-4-10-8(6)11-5/h3-4H,2H2,1H3,(H,12,13). The van der Waals surface area contributed by atoms with Crippen LogP contribution in [-0.4, -0.2) is 21.6 Å². The quantitative estimate of drug-likeness (QED) is 0.638. The number of anilines is 1. The molecule has 1 N–H and O–H groups in total. The van der Waals surface area contributed by atoms with Gasteiger partial charge in [-0.2, -0.15) is 0 Å². The molecule has 0 radical (unpaired) electrons. The summed E-state index contributed by atoms with van der Waals surface area (Å²) >= 11 is 0. The molecule has 0 fully saturated rings. The van der Waals surface area contributed by atoms with Gasteiger partial charge in [-0.1, -0.05) is 0 Å². The molecular formula is C8H8N4O. The molecule has 0 atom stereocenters. The summed E-state index contributed by atoms with van der Waals surface area (Å²) in [5.74, 6) is 0.452. The third-order valence-corrected chi connectivity index (χ3v) is 1.68. The van der Waals surface area contributed by atoms with Gasteiger partial charge in [-0.25, -0.2) is 15.0 Å². The average molecular weight is 176 g/mol. The van der Waals surface area contributed by atoms with Crippen molar-refractivity contribution in [1.29, 1.82) is 0 Å². The number of hydrogen-bond donors (Lipinski definition) is 1. The number of nitrogens with one attached hydrogen (secondary N) is 1. The normalized spacial score (nSPS) is 15.5. The Morgan fingerprint density at radius 3 is 3.23 bits per heavy atom. The topological polar surface area (TPSA) is 67.2 Å². The number of amides is 1. The van der Waals surface area contributed by atoms with E-state index in [1.807, 2.05) is 0 Å². The van der Waals surface area contributed by atoms with Crippen LogP contribution in [0.15, 0.2) is 17.5 Å². The Morgan fingerprint density at radius 2 is 2.38 bits per heavy atom. The van der Waals surface area contributed by atoms with E-state index in [9.17, 15) is 4.79 Å². The molecule has 1 aliphatic heterocycles. The van der Waals surface area contributed by atoms with E-state index in [0.29, 0.717) is 17.9 Å². The highest BCUT2D eigenvalue weighted by atomic mass is 16.1. The van der Waals surface area contributed by atoms with Crippen molar-refractivity contribution in [3.8, 4) is 0 Å². The van der Waals surface area contributed by atoms with Gasteiger partial charge < -0.3 is 5.32 Å². The van der Waals surface area contributed by atoms with Crippen molar-refractivity contribution >= 4 is 23.1 Å². The van der Waals surface area contributed by atoms with Crippen LogP contribution in [0.4, 0.5) is 11.5 Å². The van der Waals surface area contributed by atoms with Gasteiger partial charge in [-0.05, 0) is 6.92 Å². The van der Waals surface area contributed by atoms with Crippen LogP contribution < -0.4 is 5.32 Å². The van der Waals surface area contributed by atoms with Gasteiger partial charge in [0.15, 0.2) is 5.82 Å². The maximum absolute atomic E-state index is 11.2. The fourth-order valence-electron chi connectivity index (χ4n) is 1.15. The summed E-state index contributed by atoms with van der Waals surface area (Å²) in [4.78, 5) is 23.1. The van der Waals surface area contributed by atoms with Crippen molar-refractivity contribution in [2.75, 3.05) is 5.32 Å². The van der Waals surface area contributed by atoms with Gasteiger partial charge in [0.25, 0.3) is 0 Å². The van der Waals surface area contributed by atoms with E-state index >= 15 is 0 Å². The molecule has 5 heteroatoms. The fourth-order valence-corrected chi connectivity index (χ4v) is 1.15. The smallest absolute Gasteiger partial charge is 0.230 e. The Hall–Kier alpha value is -1.78. The van der Waals surface area contributed by atoms with E-state index < -0.39 is 0 Å². The highest BCUT2D eigenvalue weighted by Crippen LogP contribution is 2.22. The minimum atomic E-state index is -0.0743. The summed E-state index contributed by atoms with van der Waals surface area (Å²) in [6, 6.07) is 0. The van der Waals surface area contributed by atoms with E-state index in [2.05, 4.69) is 20.3 Å². The summed E-state index contributed by atoms with van der Waals surface area (Å²) in [6.07, 6.45) is 3.27. The molecule has 0 spiro atoms. The highest BCUT2D eigenvalue weighted by Gasteiger charge is 2.13. The van der Waals surface area contributed by atoms with Crippen LogP contribution >= 0.6 is 0 Å². The number of hydrogen-bond acceptors (Lipinski definition) is 4. The van der Waals surface area contributed by atoms with Crippen LogP contribution in [-0.2, 0) is 4.79 Å². The average Bonchev–Trinajstić information content (AvgIpc) is 2.20. The molecule has 1 amide bonds. The summed E-state index contributed by atoms with van der Waals surface area (Å²) in [5, 5.41) is 2.67. The minimum absolute atomic E-state index is 0.0743. The lowest BCUT2D eigenvalue weighted by molar-refractivity contribution is -0.115. The molecule has 0 saturated carbocycles. The molecule has 2 heterocycles. The Labute approximate surface area is 74.9 Å². The predicted molar refractivity (Wildman–Crippen MR) is 48.0 cm³/mol. The van der Waals surface area contributed by atoms with Gasteiger partial charge in [0, 0.05) is 5.71 Å². The third kappa shape index (κ3) is 1.53. The van der Waals surface area contributed by atoms with Crippen LogP contribution in [0, 0.1) is 0 Å². The summed E-state index contributed by atoms with van der Waals surface area (Å²) < 4.78 is 0. The second-order valence-electron chi connectivity index (χ2n) is 2.83. The molecule has 1 aliphatic rings. The van der Waals surface area contributed by atoms with Gasteiger partial charge in [0.2, 0.25) is 5.91 Å². The number of fused-ring (bicyclic) bond motifs is 1. The van der Waals surface area contributed by atoms with E-state index in [-0.39, 0.29) is 5.91 Å². The molecule has 1 aromatic heterocycles. The molecule has 1 aromatic rings. The largest absolute Gasteiger partial charge is 0.321 e. The van der Waals surface area contributed by atoms with Gasteiger partial charge in [0.05, 0.1) is 12.6 Å². The first kappa shape index (κ1) is 7.85. The highest BCUT2D eigenvalue weighted by molar-refractivity contribution is 6.09. The van der Waals surface area contributed by atoms with Crippen molar-refractivity contribution < 1.29 is 4.79 Å². The van der Waals surface area contributed by atoms with Crippen molar-refractivity contribution in [3.63, 3.8) is 0 Å². The third-order valence-electron chi connectivity index (χ3n) is 1.68. The summed E-state index contributed by atoms with van der Waals surface area (Å²) in [7, 11) is 0. The number of rotatable bonds is 0. The zero-order valence-electron chi connectivity index (χ0n) is 7.11. The van der Waals surface area contributed by atoms with Gasteiger partial charge in [-0.15, -0.1) is 0 Å². The molecule has 0 aliphatic carbocycles. The first-order valence-electron chi connectivity index (χ1n) is 3.90. The van der Waals surface area contributed by atoms with Crippen molar-refractivity contribution in [3.05, 3.63) is 12.5 Å². The van der Waals surface area contributed by atoms with Crippen LogP contribution in [0.1, 0.15) is 13.3 Å². The van der Waals surface area contributed by atoms with E-state index in [1.165, 1.54) is 6.33 Å². The fraction of sp³-hybridized carbons (Fsp3) is 0.250. The molecule has 0 unspecified atom stereocenters. The van der Waals surface area contributed by atoms with E-state index in [1.54, 1.807) is 13.1 Å². The Morgan fingerprint density at radius 1 is 1.54 bits per heavy atom. The lowest BCUT2D eigenvalue weighted by Gasteiger charge is -2.00. The Balaban J connectivity index is 2.51. The number of nitrogens with zero attached hydrogens (tertiary/aromatic N) is 3. The molecular weight excluding hydrogens is 168 g/mol. The van der Waals surface area contributed by atoms with Gasteiger partial charge in [-0.3, -0.25) is 4.79 Å². The van der Waals surface area contributed by atoms with Crippen LogP contribution in [0.25, 0.3) is 0 Å². The van der Waals surface area contributed by atoms with E-state index in [0.717, 1.165) is 5.71 Å². The molecule has 0 bridgehead atoms. The zero-order chi connectivity index (χ0) is 9.26. The molecule has 5 nitrogen and oxygen atoms in total. The lowest BCUT2D eigenvalue weighted by atomic mass is 10.3. The molecule has 2 rings (SSSR count). The predicted octanol–water partition coefficient (Wildman–Crippen LogP) is 0.911. The monoisotopic (exact) mass is 176 g/mol. The Bertz CT molecular complexity index is 385. The molecule has 13 heavy (non-hydrogen) atoms. The SMILES string of the molecule is CC1=Nc2ncncc2NC(=O)C1. The number of carbonyl (C=O) groups is 1. The van der Waals surface area contributed by atoms with Crippen LogP contribution in [0.5, 0.6) is 0 Å². The first-order valence-corrected chi connectivity index (χ1v) is 3.90. The number of carbonyl (C=O) groups excluding carboxylic acids is 1. The zero-order valence-corrected chi connectivity index (χ0v) is 7.11. The number of aliphatic imine (C=N–C) groups is 1. The summed E-state index contributed by atoms with van der Waals surface area (Å²) in [6.45, 7) is 1.80. The van der Waals surface area contributed by atoms with Gasteiger partial charge >= 0.3 is 0 Å². The first-order chi connectivity index (χ1) is 6.25. The number of aromatic nitrogens is 2. The van der Waals surface area contributed by atoms with Gasteiger partial charge in [0.1, 0.15) is 12.0 Å². The molecule has 0 aromatic carbocycles. The Kier molecular flexibility index (Phi) is 1.77. The van der Waals surface area contributed by atoms with Crippen molar-refractivity contribution in [2.45, 2.75) is 13.3 Å². The van der Waals surface area contributed by atoms with E-state index in [4.69, 9.17) is 0 Å². The maximum atomic E-state index is 11.2. The maximum Gasteiger partial charge on any atom is 0.230 e. The van der Waals surface area contributed by atoms with Crippen LogP contribution in [0.3, 0.4) is 0 Å².